The Morgan fingerprint density at radius 2 is 1.58 bits per heavy atom. The molecule has 0 saturated heterocycles. The summed E-state index contributed by atoms with van der Waals surface area (Å²) in [5.41, 5.74) is 3.10. The van der Waals surface area contributed by atoms with E-state index in [4.69, 9.17) is 0 Å². The van der Waals surface area contributed by atoms with Crippen molar-refractivity contribution in [2.75, 3.05) is 27.2 Å². The summed E-state index contributed by atoms with van der Waals surface area (Å²) in [5, 5.41) is 3.27. The predicted octanol–water partition coefficient (Wildman–Crippen LogP) is 3.11. The lowest BCUT2D eigenvalue weighted by molar-refractivity contribution is 0.157. The lowest BCUT2D eigenvalue weighted by Gasteiger charge is -2.35. The van der Waals surface area contributed by atoms with Crippen molar-refractivity contribution in [2.45, 2.75) is 45.6 Å². The molecule has 1 rings (SSSR count). The third kappa shape index (κ3) is 5.33. The van der Waals surface area contributed by atoms with Gasteiger partial charge in [-0.1, -0.05) is 37.6 Å². The van der Waals surface area contributed by atoms with Gasteiger partial charge in [0.15, 0.2) is 0 Å². The van der Waals surface area contributed by atoms with Gasteiger partial charge in [-0.3, -0.25) is 4.90 Å². The van der Waals surface area contributed by atoms with Crippen molar-refractivity contribution in [2.24, 2.45) is 0 Å². The number of benzene rings is 1. The van der Waals surface area contributed by atoms with Crippen molar-refractivity contribution in [3.63, 3.8) is 0 Å². The maximum absolute atomic E-state index is 3.27. The molecule has 1 aromatic carbocycles. The summed E-state index contributed by atoms with van der Waals surface area (Å²) in [6, 6.07) is 9.11. The Morgan fingerprint density at radius 1 is 1.05 bits per heavy atom. The van der Waals surface area contributed by atoms with Gasteiger partial charge in [-0.2, -0.15) is 0 Å². The van der Waals surface area contributed by atoms with Crippen LogP contribution in [0.15, 0.2) is 24.3 Å². The first-order chi connectivity index (χ1) is 8.99. The Hall–Kier alpha value is -0.860. The third-order valence-corrected chi connectivity index (χ3v) is 3.94. The number of rotatable bonds is 8. The second kappa shape index (κ2) is 7.66. The molecule has 0 aromatic heterocycles. The van der Waals surface area contributed by atoms with Crippen LogP contribution < -0.4 is 5.32 Å². The first-order valence-corrected chi connectivity index (χ1v) is 7.43. The van der Waals surface area contributed by atoms with Gasteiger partial charge in [0, 0.05) is 18.6 Å². The topological polar surface area (TPSA) is 15.3 Å². The quantitative estimate of drug-likeness (QED) is 0.774. The molecule has 0 unspecified atom stereocenters. The number of aryl methyl sites for hydroxylation is 1. The molecule has 0 bridgehead atoms. The third-order valence-electron chi connectivity index (χ3n) is 3.94. The number of hydrogen-bond acceptors (Lipinski definition) is 2. The van der Waals surface area contributed by atoms with Crippen LogP contribution in [0, 0.1) is 0 Å². The minimum atomic E-state index is 0.205. The van der Waals surface area contributed by atoms with Crippen LogP contribution in [0.1, 0.15) is 38.3 Å². The van der Waals surface area contributed by atoms with E-state index < -0.39 is 0 Å². The van der Waals surface area contributed by atoms with Crippen LogP contribution in [-0.4, -0.2) is 37.6 Å². The molecule has 1 aromatic rings. The van der Waals surface area contributed by atoms with Crippen LogP contribution in [-0.2, 0) is 12.8 Å². The Labute approximate surface area is 119 Å². The fraction of sp³-hybridized carbons (Fsp3) is 0.647. The predicted molar refractivity (Wildman–Crippen MR) is 84.8 cm³/mol. The minimum Gasteiger partial charge on any atom is -0.318 e. The SMILES string of the molecule is CCCc1ccc(CCN(C)C(C)(C)CNC)cc1. The zero-order chi connectivity index (χ0) is 14.3. The second-order valence-corrected chi connectivity index (χ2v) is 6.08. The fourth-order valence-corrected chi connectivity index (χ4v) is 2.33. The molecule has 1 N–H and O–H groups in total. The van der Waals surface area contributed by atoms with Crippen molar-refractivity contribution in [1.82, 2.24) is 10.2 Å². The number of nitrogens with one attached hydrogen (secondary N) is 1. The molecule has 2 nitrogen and oxygen atoms in total. The van der Waals surface area contributed by atoms with Crippen LogP contribution in [0.5, 0.6) is 0 Å². The van der Waals surface area contributed by atoms with E-state index in [9.17, 15) is 0 Å². The lowest BCUT2D eigenvalue weighted by Crippen LogP contribution is -2.48. The Bertz CT molecular complexity index is 354. The van der Waals surface area contributed by atoms with Gasteiger partial charge in [-0.25, -0.2) is 0 Å². The van der Waals surface area contributed by atoms with E-state index in [2.05, 4.69) is 62.3 Å². The monoisotopic (exact) mass is 262 g/mol. The van der Waals surface area contributed by atoms with Crippen molar-refractivity contribution < 1.29 is 0 Å². The highest BCUT2D eigenvalue weighted by Crippen LogP contribution is 2.13. The van der Waals surface area contributed by atoms with E-state index in [1.165, 1.54) is 24.0 Å². The molecule has 0 amide bonds. The second-order valence-electron chi connectivity index (χ2n) is 6.08. The van der Waals surface area contributed by atoms with E-state index >= 15 is 0 Å². The molecular formula is C17H30N2. The van der Waals surface area contributed by atoms with Crippen molar-refractivity contribution in [3.8, 4) is 0 Å². The van der Waals surface area contributed by atoms with Gasteiger partial charge in [-0.15, -0.1) is 0 Å². The van der Waals surface area contributed by atoms with Crippen LogP contribution in [0.3, 0.4) is 0 Å². The molecule has 0 aliphatic carbocycles. The zero-order valence-corrected chi connectivity index (χ0v) is 13.3. The first-order valence-electron chi connectivity index (χ1n) is 7.43. The highest BCUT2D eigenvalue weighted by atomic mass is 15.2. The highest BCUT2D eigenvalue weighted by Gasteiger charge is 2.21. The van der Waals surface area contributed by atoms with Crippen LogP contribution in [0.2, 0.25) is 0 Å². The summed E-state index contributed by atoms with van der Waals surface area (Å²) in [6.45, 7) is 8.91. The molecule has 0 aliphatic heterocycles. The zero-order valence-electron chi connectivity index (χ0n) is 13.3. The van der Waals surface area contributed by atoms with Crippen LogP contribution in [0.4, 0.5) is 0 Å². The van der Waals surface area contributed by atoms with E-state index in [0.717, 1.165) is 19.5 Å². The summed E-state index contributed by atoms with van der Waals surface area (Å²) in [6.07, 6.45) is 3.53. The van der Waals surface area contributed by atoms with Crippen LogP contribution >= 0.6 is 0 Å². The molecule has 0 radical (unpaired) electrons. The fourth-order valence-electron chi connectivity index (χ4n) is 2.33. The van der Waals surface area contributed by atoms with E-state index in [1.807, 2.05) is 7.05 Å². The summed E-state index contributed by atoms with van der Waals surface area (Å²) in [5.74, 6) is 0. The Morgan fingerprint density at radius 3 is 2.05 bits per heavy atom. The highest BCUT2D eigenvalue weighted by molar-refractivity contribution is 5.22. The van der Waals surface area contributed by atoms with Crippen molar-refractivity contribution >= 4 is 0 Å². The van der Waals surface area contributed by atoms with Gasteiger partial charge in [0.25, 0.3) is 0 Å². The summed E-state index contributed by atoms with van der Waals surface area (Å²) < 4.78 is 0. The molecule has 0 aliphatic rings. The molecule has 0 fully saturated rings. The maximum Gasteiger partial charge on any atom is 0.0274 e. The molecule has 2 heteroatoms. The molecule has 19 heavy (non-hydrogen) atoms. The molecule has 0 atom stereocenters. The lowest BCUT2D eigenvalue weighted by atomic mass is 10.0. The average Bonchev–Trinajstić information content (AvgIpc) is 2.38. The molecule has 0 saturated carbocycles. The number of nitrogens with zero attached hydrogens (tertiary/aromatic N) is 1. The van der Waals surface area contributed by atoms with Crippen molar-refractivity contribution in [3.05, 3.63) is 35.4 Å². The molecule has 108 valence electrons. The number of hydrogen-bond donors (Lipinski definition) is 1. The van der Waals surface area contributed by atoms with E-state index in [1.54, 1.807) is 0 Å². The van der Waals surface area contributed by atoms with Gasteiger partial charge >= 0.3 is 0 Å². The summed E-state index contributed by atoms with van der Waals surface area (Å²) in [4.78, 5) is 2.43. The first kappa shape index (κ1) is 16.2. The smallest absolute Gasteiger partial charge is 0.0274 e. The minimum absolute atomic E-state index is 0.205. The normalized spacial score (nSPS) is 12.1. The van der Waals surface area contributed by atoms with Gasteiger partial charge in [0.1, 0.15) is 0 Å². The molecule has 0 spiro atoms. The van der Waals surface area contributed by atoms with E-state index in [-0.39, 0.29) is 5.54 Å². The van der Waals surface area contributed by atoms with Gasteiger partial charge in [0.2, 0.25) is 0 Å². The van der Waals surface area contributed by atoms with Crippen LogP contribution in [0.25, 0.3) is 0 Å². The molecule has 0 heterocycles. The van der Waals surface area contributed by atoms with Gasteiger partial charge < -0.3 is 5.32 Å². The standard InChI is InChI=1S/C17H30N2/c1-6-7-15-8-10-16(11-9-15)12-13-19(5)17(2,3)14-18-4/h8-11,18H,6-7,12-14H2,1-5H3. The average molecular weight is 262 g/mol. The van der Waals surface area contributed by atoms with Gasteiger partial charge in [-0.05, 0) is 51.9 Å². The Balaban J connectivity index is 2.47. The maximum atomic E-state index is 3.27. The van der Waals surface area contributed by atoms with Crippen molar-refractivity contribution in [1.29, 1.82) is 0 Å². The summed E-state index contributed by atoms with van der Waals surface area (Å²) in [7, 11) is 4.23. The van der Waals surface area contributed by atoms with E-state index in [0.29, 0.717) is 0 Å². The largest absolute Gasteiger partial charge is 0.318 e. The van der Waals surface area contributed by atoms with Gasteiger partial charge in [0.05, 0.1) is 0 Å². The summed E-state index contributed by atoms with van der Waals surface area (Å²) >= 11 is 0. The Kier molecular flexibility index (Phi) is 6.53. The molecular weight excluding hydrogens is 232 g/mol. The number of likely N-dealkylation sites (N-methyl/N-ethyl adjacent to an activating group) is 2.